The Kier molecular flexibility index (Phi) is 4.43. The van der Waals surface area contributed by atoms with Crippen molar-refractivity contribution >= 4 is 5.91 Å². The molecule has 1 atom stereocenters. The van der Waals surface area contributed by atoms with Gasteiger partial charge >= 0.3 is 0 Å². The summed E-state index contributed by atoms with van der Waals surface area (Å²) < 4.78 is 5.70. The van der Waals surface area contributed by atoms with Gasteiger partial charge in [0.25, 0.3) is 0 Å². The molecule has 104 valence electrons. The van der Waals surface area contributed by atoms with Crippen LogP contribution < -0.4 is 10.5 Å². The molecule has 1 aromatic carbocycles. The smallest absolute Gasteiger partial charge is 0.226 e. The number of hydrogen-bond donors (Lipinski definition) is 1. The summed E-state index contributed by atoms with van der Waals surface area (Å²) >= 11 is 0. The van der Waals surface area contributed by atoms with Crippen molar-refractivity contribution in [3.8, 4) is 5.75 Å². The molecular formula is C15H22N2O2. The zero-order valence-corrected chi connectivity index (χ0v) is 11.7. The molecule has 2 N–H and O–H groups in total. The first-order valence-electron chi connectivity index (χ1n) is 6.80. The first-order valence-corrected chi connectivity index (χ1v) is 6.80. The molecule has 19 heavy (non-hydrogen) atoms. The van der Waals surface area contributed by atoms with Crippen LogP contribution in [-0.4, -0.2) is 36.5 Å². The molecule has 1 aromatic rings. The van der Waals surface area contributed by atoms with Crippen molar-refractivity contribution in [2.75, 3.05) is 19.7 Å². The number of benzene rings is 1. The van der Waals surface area contributed by atoms with Gasteiger partial charge in [-0.2, -0.15) is 0 Å². The van der Waals surface area contributed by atoms with E-state index in [1.165, 1.54) is 5.56 Å². The quantitative estimate of drug-likeness (QED) is 0.897. The van der Waals surface area contributed by atoms with E-state index in [1.807, 2.05) is 24.0 Å². The Balaban J connectivity index is 1.80. The summed E-state index contributed by atoms with van der Waals surface area (Å²) in [5.74, 6) is 1.00. The average Bonchev–Trinajstić information content (AvgIpc) is 2.81. The van der Waals surface area contributed by atoms with Gasteiger partial charge in [-0.15, -0.1) is 0 Å². The fourth-order valence-corrected chi connectivity index (χ4v) is 2.30. The van der Waals surface area contributed by atoms with E-state index < -0.39 is 0 Å². The molecule has 4 nitrogen and oxygen atoms in total. The molecule has 2 rings (SSSR count). The Morgan fingerprint density at radius 1 is 1.47 bits per heavy atom. The van der Waals surface area contributed by atoms with Crippen LogP contribution in [0.25, 0.3) is 0 Å². The van der Waals surface area contributed by atoms with Crippen LogP contribution in [-0.2, 0) is 4.79 Å². The number of nitrogens with two attached hydrogens (primary N) is 1. The molecule has 0 radical (unpaired) electrons. The Labute approximate surface area is 114 Å². The van der Waals surface area contributed by atoms with Crippen molar-refractivity contribution in [1.82, 2.24) is 4.90 Å². The van der Waals surface area contributed by atoms with Crippen molar-refractivity contribution < 1.29 is 9.53 Å². The SMILES string of the molecule is Cc1cccc(OCCC(=O)N2CC[C@@H](N)C2)c1C. The number of ether oxygens (including phenoxy) is 1. The van der Waals surface area contributed by atoms with Crippen LogP contribution in [0.4, 0.5) is 0 Å². The Hall–Kier alpha value is -1.55. The number of carbonyl (C=O) groups is 1. The lowest BCUT2D eigenvalue weighted by Gasteiger charge is -2.16. The number of carbonyl (C=O) groups excluding carboxylic acids is 1. The molecule has 1 heterocycles. The molecule has 0 aliphatic carbocycles. The van der Waals surface area contributed by atoms with Gasteiger partial charge in [0.05, 0.1) is 13.0 Å². The molecule has 1 aliphatic rings. The van der Waals surface area contributed by atoms with E-state index in [9.17, 15) is 4.79 Å². The average molecular weight is 262 g/mol. The zero-order chi connectivity index (χ0) is 13.8. The molecule has 1 saturated heterocycles. The molecule has 1 amide bonds. The van der Waals surface area contributed by atoms with E-state index in [0.29, 0.717) is 19.6 Å². The predicted octanol–water partition coefficient (Wildman–Crippen LogP) is 1.63. The van der Waals surface area contributed by atoms with E-state index >= 15 is 0 Å². The summed E-state index contributed by atoms with van der Waals surface area (Å²) in [4.78, 5) is 13.8. The normalized spacial score (nSPS) is 18.7. The summed E-state index contributed by atoms with van der Waals surface area (Å²) in [5, 5.41) is 0. The van der Waals surface area contributed by atoms with Crippen molar-refractivity contribution in [1.29, 1.82) is 0 Å². The monoisotopic (exact) mass is 262 g/mol. The fourth-order valence-electron chi connectivity index (χ4n) is 2.30. The number of amides is 1. The largest absolute Gasteiger partial charge is 0.493 e. The van der Waals surface area contributed by atoms with Crippen molar-refractivity contribution in [2.24, 2.45) is 5.73 Å². The second-order valence-corrected chi connectivity index (χ2v) is 5.19. The molecule has 0 bridgehead atoms. The Morgan fingerprint density at radius 2 is 2.26 bits per heavy atom. The van der Waals surface area contributed by atoms with Gasteiger partial charge in [0.2, 0.25) is 5.91 Å². The summed E-state index contributed by atoms with van der Waals surface area (Å²) in [5.41, 5.74) is 8.13. The third-order valence-electron chi connectivity index (χ3n) is 3.71. The third-order valence-corrected chi connectivity index (χ3v) is 3.71. The highest BCUT2D eigenvalue weighted by Crippen LogP contribution is 2.20. The van der Waals surface area contributed by atoms with Crippen LogP contribution in [0, 0.1) is 13.8 Å². The Morgan fingerprint density at radius 3 is 2.95 bits per heavy atom. The lowest BCUT2D eigenvalue weighted by Crippen LogP contribution is -2.32. The van der Waals surface area contributed by atoms with Gasteiger partial charge in [-0.05, 0) is 37.5 Å². The van der Waals surface area contributed by atoms with Gasteiger partial charge in [-0.1, -0.05) is 12.1 Å². The van der Waals surface area contributed by atoms with Gasteiger partial charge in [-0.25, -0.2) is 0 Å². The van der Waals surface area contributed by atoms with Gasteiger partial charge in [0.15, 0.2) is 0 Å². The minimum Gasteiger partial charge on any atom is -0.493 e. The first-order chi connectivity index (χ1) is 9.08. The highest BCUT2D eigenvalue weighted by atomic mass is 16.5. The van der Waals surface area contributed by atoms with E-state index in [-0.39, 0.29) is 11.9 Å². The molecule has 4 heteroatoms. The van der Waals surface area contributed by atoms with E-state index in [4.69, 9.17) is 10.5 Å². The maximum absolute atomic E-state index is 11.9. The van der Waals surface area contributed by atoms with Crippen molar-refractivity contribution in [3.63, 3.8) is 0 Å². The topological polar surface area (TPSA) is 55.6 Å². The molecule has 0 aromatic heterocycles. The highest BCUT2D eigenvalue weighted by Gasteiger charge is 2.23. The highest BCUT2D eigenvalue weighted by molar-refractivity contribution is 5.76. The Bertz CT molecular complexity index is 459. The van der Waals surface area contributed by atoms with Gasteiger partial charge in [0, 0.05) is 19.1 Å². The van der Waals surface area contributed by atoms with E-state index in [2.05, 4.69) is 13.0 Å². The predicted molar refractivity (Wildman–Crippen MR) is 75.2 cm³/mol. The van der Waals surface area contributed by atoms with Gasteiger partial charge in [0.1, 0.15) is 5.75 Å². The number of likely N-dealkylation sites (tertiary alicyclic amines) is 1. The lowest BCUT2D eigenvalue weighted by molar-refractivity contribution is -0.130. The van der Waals surface area contributed by atoms with Crippen molar-refractivity contribution in [3.05, 3.63) is 29.3 Å². The minimum absolute atomic E-state index is 0.137. The number of hydrogen-bond acceptors (Lipinski definition) is 3. The van der Waals surface area contributed by atoms with Crippen LogP contribution in [0.1, 0.15) is 24.0 Å². The van der Waals surface area contributed by atoms with E-state index in [1.54, 1.807) is 0 Å². The maximum Gasteiger partial charge on any atom is 0.226 e. The molecule has 0 spiro atoms. The summed E-state index contributed by atoms with van der Waals surface area (Å²) in [6, 6.07) is 6.11. The van der Waals surface area contributed by atoms with Gasteiger partial charge < -0.3 is 15.4 Å². The van der Waals surface area contributed by atoms with Crippen LogP contribution in [0.2, 0.25) is 0 Å². The molecule has 0 saturated carbocycles. The number of aryl methyl sites for hydroxylation is 1. The van der Waals surface area contributed by atoms with Crippen LogP contribution in [0.15, 0.2) is 18.2 Å². The first kappa shape index (κ1) is 13.9. The van der Waals surface area contributed by atoms with Crippen LogP contribution in [0.3, 0.4) is 0 Å². The molecule has 0 unspecified atom stereocenters. The van der Waals surface area contributed by atoms with Crippen LogP contribution in [0.5, 0.6) is 5.75 Å². The lowest BCUT2D eigenvalue weighted by atomic mass is 10.1. The second-order valence-electron chi connectivity index (χ2n) is 5.19. The molecule has 1 aliphatic heterocycles. The standard InChI is InChI=1S/C15H22N2O2/c1-11-4-3-5-14(12(11)2)19-9-7-15(18)17-8-6-13(16)10-17/h3-5,13H,6-10,16H2,1-2H3/t13-/m1/s1. The fraction of sp³-hybridized carbons (Fsp3) is 0.533. The minimum atomic E-state index is 0.137. The summed E-state index contributed by atoms with van der Waals surface area (Å²) in [6.45, 7) is 5.98. The van der Waals surface area contributed by atoms with Crippen LogP contribution >= 0.6 is 0 Å². The maximum atomic E-state index is 11.9. The summed E-state index contributed by atoms with van der Waals surface area (Å²) in [6.07, 6.45) is 1.32. The molecule has 1 fully saturated rings. The second kappa shape index (κ2) is 6.06. The van der Waals surface area contributed by atoms with Gasteiger partial charge in [-0.3, -0.25) is 4.79 Å². The third kappa shape index (κ3) is 3.47. The zero-order valence-electron chi connectivity index (χ0n) is 11.7. The van der Waals surface area contributed by atoms with Crippen molar-refractivity contribution in [2.45, 2.75) is 32.7 Å². The number of rotatable bonds is 4. The molecular weight excluding hydrogens is 240 g/mol. The number of nitrogens with zero attached hydrogens (tertiary/aromatic N) is 1. The van der Waals surface area contributed by atoms with E-state index in [0.717, 1.165) is 24.3 Å². The summed E-state index contributed by atoms with van der Waals surface area (Å²) in [7, 11) is 0.